The average molecular weight is 308 g/mol. The number of fused-ring (bicyclic) bond motifs is 1. The summed E-state index contributed by atoms with van der Waals surface area (Å²) in [4.78, 5) is 13.5. The summed E-state index contributed by atoms with van der Waals surface area (Å²) in [5.74, 6) is 1.48. The Morgan fingerprint density at radius 1 is 1.38 bits per heavy atom. The molecule has 2 aromatic rings. The Morgan fingerprint density at radius 3 is 3.00 bits per heavy atom. The molecule has 0 saturated carbocycles. The monoisotopic (exact) mass is 307 g/mol. The highest BCUT2D eigenvalue weighted by Crippen LogP contribution is 2.33. The van der Waals surface area contributed by atoms with Gasteiger partial charge in [0.15, 0.2) is 11.5 Å². The van der Waals surface area contributed by atoms with E-state index < -0.39 is 5.56 Å². The van der Waals surface area contributed by atoms with Crippen molar-refractivity contribution in [3.63, 3.8) is 0 Å². The van der Waals surface area contributed by atoms with Crippen LogP contribution >= 0.6 is 11.6 Å². The summed E-state index contributed by atoms with van der Waals surface area (Å²) >= 11 is 6.06. The SMILES string of the molecule is CCN(Cc1ccc2c(c1)OCO2)c1cn[nH]c(=O)c1Cl. The Balaban J connectivity index is 1.88. The fourth-order valence-corrected chi connectivity index (χ4v) is 2.43. The molecule has 0 bridgehead atoms. The first-order chi connectivity index (χ1) is 10.2. The second-order valence-electron chi connectivity index (χ2n) is 4.60. The number of rotatable bonds is 4. The number of hydrogen-bond acceptors (Lipinski definition) is 5. The molecule has 1 aromatic heterocycles. The minimum absolute atomic E-state index is 0.146. The van der Waals surface area contributed by atoms with E-state index in [1.54, 1.807) is 6.20 Å². The lowest BCUT2D eigenvalue weighted by molar-refractivity contribution is 0.174. The van der Waals surface area contributed by atoms with Crippen LogP contribution < -0.4 is 19.9 Å². The highest BCUT2D eigenvalue weighted by atomic mass is 35.5. The molecule has 2 heterocycles. The number of aromatic nitrogens is 2. The predicted octanol–water partition coefficient (Wildman–Crippen LogP) is 2.18. The van der Waals surface area contributed by atoms with E-state index in [4.69, 9.17) is 21.1 Å². The zero-order chi connectivity index (χ0) is 14.8. The molecule has 21 heavy (non-hydrogen) atoms. The van der Waals surface area contributed by atoms with Crippen LogP contribution in [-0.2, 0) is 6.54 Å². The largest absolute Gasteiger partial charge is 0.454 e. The molecular weight excluding hydrogens is 294 g/mol. The molecule has 0 spiro atoms. The van der Waals surface area contributed by atoms with Crippen molar-refractivity contribution in [2.45, 2.75) is 13.5 Å². The molecule has 0 fully saturated rings. The number of H-pyrrole nitrogens is 1. The third-order valence-corrected chi connectivity index (χ3v) is 3.68. The first-order valence-corrected chi connectivity index (χ1v) is 6.93. The molecule has 110 valence electrons. The van der Waals surface area contributed by atoms with E-state index in [9.17, 15) is 4.79 Å². The zero-order valence-corrected chi connectivity index (χ0v) is 12.2. The standard InChI is InChI=1S/C14H14ClN3O3/c1-2-18(10-6-16-17-14(19)13(10)15)7-9-3-4-11-12(5-9)21-8-20-11/h3-6H,2,7-8H2,1H3,(H,17,19). The van der Waals surface area contributed by atoms with Crippen LogP contribution in [0.3, 0.4) is 0 Å². The van der Waals surface area contributed by atoms with E-state index in [0.717, 1.165) is 17.1 Å². The van der Waals surface area contributed by atoms with Gasteiger partial charge in [-0.15, -0.1) is 0 Å². The minimum Gasteiger partial charge on any atom is -0.454 e. The van der Waals surface area contributed by atoms with Gasteiger partial charge in [0.05, 0.1) is 11.9 Å². The van der Waals surface area contributed by atoms with E-state index in [-0.39, 0.29) is 11.8 Å². The third-order valence-electron chi connectivity index (χ3n) is 3.31. The summed E-state index contributed by atoms with van der Waals surface area (Å²) in [6, 6.07) is 5.77. The van der Waals surface area contributed by atoms with E-state index in [1.807, 2.05) is 30.0 Å². The molecule has 6 nitrogen and oxygen atoms in total. The van der Waals surface area contributed by atoms with E-state index in [0.29, 0.717) is 18.8 Å². The normalized spacial score (nSPS) is 12.5. The van der Waals surface area contributed by atoms with Gasteiger partial charge in [0, 0.05) is 13.1 Å². The van der Waals surface area contributed by atoms with Crippen molar-refractivity contribution >= 4 is 17.3 Å². The Kier molecular flexibility index (Phi) is 3.70. The number of nitrogens with zero attached hydrogens (tertiary/aromatic N) is 2. The van der Waals surface area contributed by atoms with Crippen molar-refractivity contribution in [3.8, 4) is 11.5 Å². The molecule has 0 atom stereocenters. The second-order valence-corrected chi connectivity index (χ2v) is 4.98. The third kappa shape index (κ3) is 2.67. The fraction of sp³-hybridized carbons (Fsp3) is 0.286. The molecule has 0 aliphatic carbocycles. The van der Waals surface area contributed by atoms with Crippen LogP contribution in [0.15, 0.2) is 29.2 Å². The van der Waals surface area contributed by atoms with Crippen molar-refractivity contribution in [2.24, 2.45) is 0 Å². The van der Waals surface area contributed by atoms with Crippen LogP contribution in [-0.4, -0.2) is 23.5 Å². The zero-order valence-electron chi connectivity index (χ0n) is 11.4. The lowest BCUT2D eigenvalue weighted by atomic mass is 10.2. The van der Waals surface area contributed by atoms with Crippen molar-refractivity contribution in [3.05, 3.63) is 45.3 Å². The summed E-state index contributed by atoms with van der Waals surface area (Å²) in [5.41, 5.74) is 1.26. The summed E-state index contributed by atoms with van der Waals surface area (Å²) in [7, 11) is 0. The van der Waals surface area contributed by atoms with E-state index in [2.05, 4.69) is 10.2 Å². The van der Waals surface area contributed by atoms with Crippen LogP contribution in [0, 0.1) is 0 Å². The van der Waals surface area contributed by atoms with E-state index >= 15 is 0 Å². The second kappa shape index (κ2) is 5.65. The molecule has 1 aromatic carbocycles. The molecule has 1 aliphatic rings. The van der Waals surface area contributed by atoms with Crippen LogP contribution in [0.2, 0.25) is 5.02 Å². The highest BCUT2D eigenvalue weighted by Gasteiger charge is 2.16. The van der Waals surface area contributed by atoms with Crippen molar-refractivity contribution in [1.29, 1.82) is 0 Å². The van der Waals surface area contributed by atoms with Crippen LogP contribution in [0.25, 0.3) is 0 Å². The van der Waals surface area contributed by atoms with Crippen LogP contribution in [0.1, 0.15) is 12.5 Å². The summed E-state index contributed by atoms with van der Waals surface area (Å²) in [6.45, 7) is 3.53. The van der Waals surface area contributed by atoms with Gasteiger partial charge >= 0.3 is 0 Å². The summed E-state index contributed by atoms with van der Waals surface area (Å²) in [5, 5.41) is 6.27. The molecular formula is C14H14ClN3O3. The molecule has 3 rings (SSSR count). The van der Waals surface area contributed by atoms with Crippen LogP contribution in [0.5, 0.6) is 11.5 Å². The maximum atomic E-state index is 11.6. The molecule has 1 aliphatic heterocycles. The molecule has 7 heteroatoms. The van der Waals surface area contributed by atoms with Gasteiger partial charge in [0.25, 0.3) is 5.56 Å². The first kappa shape index (κ1) is 13.8. The maximum Gasteiger partial charge on any atom is 0.285 e. The lowest BCUT2D eigenvalue weighted by Gasteiger charge is -2.23. The summed E-state index contributed by atoms with van der Waals surface area (Å²) in [6.07, 6.45) is 1.56. The molecule has 0 radical (unpaired) electrons. The predicted molar refractivity (Wildman–Crippen MR) is 79.2 cm³/mol. The topological polar surface area (TPSA) is 67.5 Å². The maximum absolute atomic E-state index is 11.6. The number of aromatic amines is 1. The van der Waals surface area contributed by atoms with Crippen molar-refractivity contribution in [2.75, 3.05) is 18.2 Å². The van der Waals surface area contributed by atoms with Gasteiger partial charge in [0.1, 0.15) is 5.02 Å². The van der Waals surface area contributed by atoms with E-state index in [1.165, 1.54) is 0 Å². The Hall–Kier alpha value is -2.21. The van der Waals surface area contributed by atoms with Gasteiger partial charge in [-0.25, -0.2) is 5.10 Å². The van der Waals surface area contributed by atoms with Gasteiger partial charge in [-0.05, 0) is 24.6 Å². The molecule has 0 saturated heterocycles. The molecule has 1 N–H and O–H groups in total. The van der Waals surface area contributed by atoms with Gasteiger partial charge in [-0.1, -0.05) is 17.7 Å². The average Bonchev–Trinajstić information content (AvgIpc) is 2.95. The lowest BCUT2D eigenvalue weighted by Crippen LogP contribution is -2.25. The quantitative estimate of drug-likeness (QED) is 0.937. The number of anilines is 1. The Bertz CT molecular complexity index is 717. The number of hydrogen-bond donors (Lipinski definition) is 1. The minimum atomic E-state index is -0.390. The van der Waals surface area contributed by atoms with Crippen molar-refractivity contribution in [1.82, 2.24) is 10.2 Å². The number of halogens is 1. The molecule has 0 amide bonds. The first-order valence-electron chi connectivity index (χ1n) is 6.55. The molecule has 0 unspecified atom stereocenters. The smallest absolute Gasteiger partial charge is 0.285 e. The highest BCUT2D eigenvalue weighted by molar-refractivity contribution is 6.32. The van der Waals surface area contributed by atoms with Crippen molar-refractivity contribution < 1.29 is 9.47 Å². The number of nitrogens with one attached hydrogen (secondary N) is 1. The summed E-state index contributed by atoms with van der Waals surface area (Å²) < 4.78 is 10.7. The fourth-order valence-electron chi connectivity index (χ4n) is 2.22. The number of benzene rings is 1. The van der Waals surface area contributed by atoms with Gasteiger partial charge < -0.3 is 14.4 Å². The van der Waals surface area contributed by atoms with Gasteiger partial charge in [0.2, 0.25) is 6.79 Å². The van der Waals surface area contributed by atoms with Gasteiger partial charge in [-0.2, -0.15) is 5.10 Å². The Morgan fingerprint density at radius 2 is 2.19 bits per heavy atom. The Labute approximate surface area is 126 Å². The number of ether oxygens (including phenoxy) is 2. The van der Waals surface area contributed by atoms with Crippen LogP contribution in [0.4, 0.5) is 5.69 Å². The van der Waals surface area contributed by atoms with Gasteiger partial charge in [-0.3, -0.25) is 4.79 Å².